The van der Waals surface area contributed by atoms with Crippen molar-refractivity contribution < 1.29 is 22.4 Å². The molecule has 1 saturated heterocycles. The van der Waals surface area contributed by atoms with Crippen LogP contribution in [0.15, 0.2) is 42.5 Å². The van der Waals surface area contributed by atoms with Crippen molar-refractivity contribution in [1.29, 1.82) is 0 Å². The quantitative estimate of drug-likeness (QED) is 0.482. The largest absolute Gasteiger partial charge is 0.323 e. The lowest BCUT2D eigenvalue weighted by atomic mass is 9.91. The van der Waals surface area contributed by atoms with Gasteiger partial charge in [-0.3, -0.25) is 4.79 Å². The maximum Gasteiger partial charge on any atom is 0.248 e. The Kier molecular flexibility index (Phi) is 4.75. The molecule has 1 amide bonds. The van der Waals surface area contributed by atoms with Crippen LogP contribution in [0, 0.1) is 11.6 Å². The summed E-state index contributed by atoms with van der Waals surface area (Å²) in [6.45, 7) is 0. The first-order chi connectivity index (χ1) is 14.8. The van der Waals surface area contributed by atoms with Crippen LogP contribution in [0.1, 0.15) is 56.4 Å². The summed E-state index contributed by atoms with van der Waals surface area (Å²) in [6.07, 6.45) is 0.943. The first kappa shape index (κ1) is 20.0. The molecule has 5 rings (SSSR count). The van der Waals surface area contributed by atoms with Crippen molar-refractivity contribution in [3.8, 4) is 0 Å². The smallest absolute Gasteiger partial charge is 0.248 e. The summed E-state index contributed by atoms with van der Waals surface area (Å²) in [5, 5.41) is 0. The predicted octanol–water partition coefficient (Wildman–Crippen LogP) is 5.93. The molecule has 31 heavy (non-hydrogen) atoms. The number of carbonyl (C=O) groups excluding carboxylic acids is 1. The van der Waals surface area contributed by atoms with Gasteiger partial charge in [-0.2, -0.15) is 0 Å². The summed E-state index contributed by atoms with van der Waals surface area (Å²) in [6, 6.07) is 10.2. The van der Waals surface area contributed by atoms with Gasteiger partial charge in [0.2, 0.25) is 11.8 Å². The number of hydrogen-bond acceptors (Lipinski definition) is 2. The monoisotopic (exact) mass is 431 g/mol. The van der Waals surface area contributed by atoms with E-state index >= 15 is 0 Å². The van der Waals surface area contributed by atoms with Crippen LogP contribution in [0.2, 0.25) is 0 Å². The minimum Gasteiger partial charge on any atom is -0.323 e. The zero-order chi connectivity index (χ0) is 21.8. The highest BCUT2D eigenvalue weighted by molar-refractivity contribution is 5.96. The van der Waals surface area contributed by atoms with Crippen LogP contribution in [0.5, 0.6) is 0 Å². The maximum atomic E-state index is 13.9. The molecule has 4 nitrogen and oxygen atoms in total. The van der Waals surface area contributed by atoms with Gasteiger partial charge in [0, 0.05) is 37.1 Å². The molecule has 8 heteroatoms. The normalized spacial score (nSPS) is 21.9. The van der Waals surface area contributed by atoms with Gasteiger partial charge in [0.05, 0.1) is 17.1 Å². The molecule has 0 N–H and O–H groups in total. The molecular formula is C23H21F4N3O. The molecule has 2 aromatic carbocycles. The van der Waals surface area contributed by atoms with E-state index in [2.05, 4.69) is 0 Å². The lowest BCUT2D eigenvalue weighted by Gasteiger charge is -2.32. The molecule has 0 spiro atoms. The van der Waals surface area contributed by atoms with Crippen LogP contribution < -0.4 is 4.90 Å². The van der Waals surface area contributed by atoms with Gasteiger partial charge in [0.1, 0.15) is 5.82 Å². The minimum absolute atomic E-state index is 0.162. The van der Waals surface area contributed by atoms with Crippen LogP contribution in [-0.4, -0.2) is 21.4 Å². The number of anilines is 1. The van der Waals surface area contributed by atoms with Crippen LogP contribution >= 0.6 is 0 Å². The van der Waals surface area contributed by atoms with Gasteiger partial charge in [-0.1, -0.05) is 12.1 Å². The van der Waals surface area contributed by atoms with Crippen molar-refractivity contribution >= 4 is 22.6 Å². The fraction of sp³-hybridized carbons (Fsp3) is 0.391. The van der Waals surface area contributed by atoms with E-state index in [0.29, 0.717) is 25.1 Å². The van der Waals surface area contributed by atoms with E-state index in [0.717, 1.165) is 23.2 Å². The van der Waals surface area contributed by atoms with Gasteiger partial charge in [0.15, 0.2) is 11.6 Å². The predicted molar refractivity (Wildman–Crippen MR) is 108 cm³/mol. The zero-order valence-electron chi connectivity index (χ0n) is 16.7. The molecular weight excluding hydrogens is 410 g/mol. The van der Waals surface area contributed by atoms with Crippen LogP contribution in [0.25, 0.3) is 11.0 Å². The summed E-state index contributed by atoms with van der Waals surface area (Å²) in [5.74, 6) is -4.27. The molecule has 1 saturated carbocycles. The number of benzene rings is 2. The first-order valence-corrected chi connectivity index (χ1v) is 10.5. The number of carbonyl (C=O) groups is 1. The number of amides is 1. The Morgan fingerprint density at radius 2 is 1.71 bits per heavy atom. The Morgan fingerprint density at radius 1 is 0.968 bits per heavy atom. The van der Waals surface area contributed by atoms with Crippen molar-refractivity contribution in [2.24, 2.45) is 0 Å². The fourth-order valence-electron chi connectivity index (χ4n) is 4.85. The van der Waals surface area contributed by atoms with Crippen LogP contribution in [0.3, 0.4) is 0 Å². The highest BCUT2D eigenvalue weighted by atomic mass is 19.3. The second-order valence-electron chi connectivity index (χ2n) is 8.33. The Morgan fingerprint density at radius 3 is 2.45 bits per heavy atom. The topological polar surface area (TPSA) is 38.1 Å². The molecule has 0 unspecified atom stereocenters. The minimum atomic E-state index is -2.66. The van der Waals surface area contributed by atoms with Crippen molar-refractivity contribution in [2.45, 2.75) is 56.5 Å². The lowest BCUT2D eigenvalue weighted by Crippen LogP contribution is -2.32. The number of rotatable bonds is 3. The average molecular weight is 431 g/mol. The molecule has 0 radical (unpaired) electrons. The molecule has 1 aliphatic heterocycles. The molecule has 1 aromatic heterocycles. The van der Waals surface area contributed by atoms with E-state index in [9.17, 15) is 22.4 Å². The number of halogens is 4. The SMILES string of the molecule is O=C1CC[C@@H](c2nc3ccccc3n2C2CCC(F)(F)CC2)N1c1ccc(F)c(F)c1. The van der Waals surface area contributed by atoms with Gasteiger partial charge in [-0.25, -0.2) is 22.5 Å². The van der Waals surface area contributed by atoms with Gasteiger partial charge in [-0.15, -0.1) is 0 Å². The highest BCUT2D eigenvalue weighted by Gasteiger charge is 2.40. The van der Waals surface area contributed by atoms with Crippen molar-refractivity contribution in [1.82, 2.24) is 9.55 Å². The summed E-state index contributed by atoms with van der Waals surface area (Å²) in [4.78, 5) is 18.9. The molecule has 2 heterocycles. The molecule has 3 aromatic rings. The van der Waals surface area contributed by atoms with E-state index in [-0.39, 0.29) is 36.9 Å². The third kappa shape index (κ3) is 3.47. The van der Waals surface area contributed by atoms with E-state index in [1.165, 1.54) is 11.0 Å². The van der Waals surface area contributed by atoms with Gasteiger partial charge in [0.25, 0.3) is 0 Å². The fourth-order valence-corrected chi connectivity index (χ4v) is 4.85. The average Bonchev–Trinajstić information content (AvgIpc) is 3.31. The zero-order valence-corrected chi connectivity index (χ0v) is 16.7. The number of para-hydroxylation sites is 2. The lowest BCUT2D eigenvalue weighted by molar-refractivity contribution is -0.117. The Balaban J connectivity index is 1.60. The number of nitrogens with zero attached hydrogens (tertiary/aromatic N) is 3. The van der Waals surface area contributed by atoms with Crippen LogP contribution in [-0.2, 0) is 4.79 Å². The summed E-state index contributed by atoms with van der Waals surface area (Å²) in [7, 11) is 0. The molecule has 1 aliphatic carbocycles. The molecule has 162 valence electrons. The standard InChI is InChI=1S/C23H21F4N3O/c24-16-6-5-15(13-17(16)25)29-20(7-8-21(29)31)22-28-18-3-1-2-4-19(18)30(22)14-9-11-23(26,27)12-10-14/h1-6,13-14,20H,7-12H2/t20-/m0/s1. The maximum absolute atomic E-state index is 13.9. The number of imidazole rings is 1. The molecule has 1 atom stereocenters. The Labute approximate surface area is 176 Å². The summed E-state index contributed by atoms with van der Waals surface area (Å²) >= 11 is 0. The molecule has 0 bridgehead atoms. The Hall–Kier alpha value is -2.90. The van der Waals surface area contributed by atoms with Gasteiger partial charge in [-0.05, 0) is 43.5 Å². The second kappa shape index (κ2) is 7.35. The number of hydrogen-bond donors (Lipinski definition) is 0. The van der Waals surface area contributed by atoms with Crippen molar-refractivity contribution in [2.75, 3.05) is 4.90 Å². The Bertz CT molecular complexity index is 1150. The van der Waals surface area contributed by atoms with Gasteiger partial charge >= 0.3 is 0 Å². The first-order valence-electron chi connectivity index (χ1n) is 10.5. The van der Waals surface area contributed by atoms with E-state index in [4.69, 9.17) is 4.98 Å². The second-order valence-corrected chi connectivity index (χ2v) is 8.33. The third-order valence-corrected chi connectivity index (χ3v) is 6.37. The van der Waals surface area contributed by atoms with Gasteiger partial charge < -0.3 is 9.47 Å². The van der Waals surface area contributed by atoms with E-state index in [1.54, 1.807) is 0 Å². The van der Waals surface area contributed by atoms with Crippen molar-refractivity contribution in [3.05, 3.63) is 59.9 Å². The van der Waals surface area contributed by atoms with Crippen LogP contribution in [0.4, 0.5) is 23.2 Å². The summed E-state index contributed by atoms with van der Waals surface area (Å²) in [5.41, 5.74) is 1.82. The number of alkyl halides is 2. The van der Waals surface area contributed by atoms with Crippen molar-refractivity contribution in [3.63, 3.8) is 0 Å². The molecule has 2 fully saturated rings. The van der Waals surface area contributed by atoms with E-state index < -0.39 is 23.6 Å². The van der Waals surface area contributed by atoms with E-state index in [1.807, 2.05) is 28.8 Å². The number of fused-ring (bicyclic) bond motifs is 1. The highest BCUT2D eigenvalue weighted by Crippen LogP contribution is 2.44. The molecule has 2 aliphatic rings. The number of aromatic nitrogens is 2. The third-order valence-electron chi connectivity index (χ3n) is 6.37. The summed E-state index contributed by atoms with van der Waals surface area (Å²) < 4.78 is 56.9.